The summed E-state index contributed by atoms with van der Waals surface area (Å²) < 4.78 is 5.03. The van der Waals surface area contributed by atoms with Crippen LogP contribution in [0.4, 0.5) is 0 Å². The van der Waals surface area contributed by atoms with Crippen LogP contribution in [-0.2, 0) is 14.3 Å². The first-order valence-corrected chi connectivity index (χ1v) is 7.56. The van der Waals surface area contributed by atoms with Crippen LogP contribution in [0.15, 0.2) is 0 Å². The van der Waals surface area contributed by atoms with Crippen LogP contribution in [-0.4, -0.2) is 43.9 Å². The molecule has 0 aromatic heterocycles. The first-order valence-electron chi connectivity index (χ1n) is 6.92. The van der Waals surface area contributed by atoms with Crippen LogP contribution in [0.2, 0.25) is 0 Å². The summed E-state index contributed by atoms with van der Waals surface area (Å²) in [5, 5.41) is 5.47. The first-order chi connectivity index (χ1) is 9.20. The van der Waals surface area contributed by atoms with Gasteiger partial charge in [0.25, 0.3) is 0 Å². The van der Waals surface area contributed by atoms with E-state index in [1.807, 2.05) is 0 Å². The number of amides is 2. The van der Waals surface area contributed by atoms with Crippen molar-refractivity contribution in [2.75, 3.05) is 32.1 Å². The number of nitrogens with one attached hydrogen (secondary N) is 2. The average Bonchev–Trinajstić information content (AvgIpc) is 2.40. The molecule has 0 aliphatic rings. The fourth-order valence-electron chi connectivity index (χ4n) is 1.41. The fraction of sp³-hybridized carbons (Fsp3) is 0.846. The molecule has 0 aliphatic heterocycles. The number of carbonyl (C=O) groups is 2. The molecule has 0 unspecified atom stereocenters. The van der Waals surface area contributed by atoms with Crippen molar-refractivity contribution in [1.82, 2.24) is 10.6 Å². The van der Waals surface area contributed by atoms with E-state index in [4.69, 9.17) is 4.74 Å². The van der Waals surface area contributed by atoms with Gasteiger partial charge in [-0.25, -0.2) is 0 Å². The molecule has 0 spiro atoms. The smallest absolute Gasteiger partial charge is 0.246 e. The highest BCUT2D eigenvalue weighted by atomic mass is 32.1. The van der Waals surface area contributed by atoms with Gasteiger partial charge in [-0.3, -0.25) is 9.59 Å². The minimum atomic E-state index is -0.182. The van der Waals surface area contributed by atoms with E-state index >= 15 is 0 Å². The third-order valence-corrected chi connectivity index (χ3v) is 2.79. The quantitative estimate of drug-likeness (QED) is 0.373. The molecule has 0 saturated heterocycles. The van der Waals surface area contributed by atoms with Crippen LogP contribution in [0, 0.1) is 0 Å². The van der Waals surface area contributed by atoms with Gasteiger partial charge in [-0.15, -0.1) is 0 Å². The molecule has 0 atom stereocenters. The lowest BCUT2D eigenvalue weighted by atomic mass is 10.2. The molecule has 0 fully saturated rings. The van der Waals surface area contributed by atoms with Crippen LogP contribution >= 0.6 is 12.6 Å². The lowest BCUT2D eigenvalue weighted by Gasteiger charge is -2.07. The van der Waals surface area contributed by atoms with E-state index in [1.165, 1.54) is 0 Å². The Hall–Kier alpha value is -0.750. The van der Waals surface area contributed by atoms with Crippen LogP contribution in [0.1, 0.15) is 39.0 Å². The van der Waals surface area contributed by atoms with Crippen molar-refractivity contribution in [3.63, 3.8) is 0 Å². The predicted molar refractivity (Wildman–Crippen MR) is 79.5 cm³/mol. The minimum Gasteiger partial charge on any atom is -0.362 e. The van der Waals surface area contributed by atoms with Gasteiger partial charge in [-0.1, -0.05) is 19.8 Å². The van der Waals surface area contributed by atoms with E-state index in [-0.39, 0.29) is 25.0 Å². The molecular weight excluding hydrogens is 264 g/mol. The van der Waals surface area contributed by atoms with E-state index in [1.54, 1.807) is 0 Å². The molecular formula is C13H26N2O3S. The summed E-state index contributed by atoms with van der Waals surface area (Å²) in [4.78, 5) is 22.6. The second kappa shape index (κ2) is 13.7. The second-order valence-electron chi connectivity index (χ2n) is 4.33. The molecule has 0 aromatic rings. The third-order valence-electron chi connectivity index (χ3n) is 2.48. The zero-order valence-corrected chi connectivity index (χ0v) is 12.6. The van der Waals surface area contributed by atoms with E-state index < -0.39 is 0 Å². The Morgan fingerprint density at radius 1 is 0.947 bits per heavy atom. The highest BCUT2D eigenvalue weighted by Crippen LogP contribution is 1.91. The summed E-state index contributed by atoms with van der Waals surface area (Å²) in [6.45, 7) is 3.29. The Bertz CT molecular complexity index is 226. The molecule has 0 aliphatic carbocycles. The van der Waals surface area contributed by atoms with E-state index in [0.29, 0.717) is 13.1 Å². The SMILES string of the molecule is CCCCCNC(=O)COCC(=O)NCCCCS. The number of carbonyl (C=O) groups excluding carboxylic acids is 2. The number of unbranched alkanes of at least 4 members (excludes halogenated alkanes) is 3. The van der Waals surface area contributed by atoms with Crippen LogP contribution in [0.3, 0.4) is 0 Å². The summed E-state index contributed by atoms with van der Waals surface area (Å²) in [6.07, 6.45) is 5.10. The fourth-order valence-corrected chi connectivity index (χ4v) is 1.63. The molecule has 2 N–H and O–H groups in total. The van der Waals surface area contributed by atoms with Crippen LogP contribution in [0.5, 0.6) is 0 Å². The molecule has 5 nitrogen and oxygen atoms in total. The maximum atomic E-state index is 11.3. The zero-order chi connectivity index (χ0) is 14.3. The number of ether oxygens (including phenoxy) is 1. The average molecular weight is 290 g/mol. The predicted octanol–water partition coefficient (Wildman–Crippen LogP) is 1.14. The van der Waals surface area contributed by atoms with Gasteiger partial charge >= 0.3 is 0 Å². The number of thiol groups is 1. The number of hydrogen-bond acceptors (Lipinski definition) is 4. The molecule has 2 amide bonds. The van der Waals surface area contributed by atoms with Gasteiger partial charge in [0.15, 0.2) is 0 Å². The van der Waals surface area contributed by atoms with Crippen molar-refractivity contribution in [3.05, 3.63) is 0 Å². The number of hydrogen-bond donors (Lipinski definition) is 3. The zero-order valence-electron chi connectivity index (χ0n) is 11.7. The van der Waals surface area contributed by atoms with E-state index in [2.05, 4.69) is 30.2 Å². The maximum Gasteiger partial charge on any atom is 0.246 e. The van der Waals surface area contributed by atoms with Crippen molar-refractivity contribution in [2.45, 2.75) is 39.0 Å². The molecule has 0 bridgehead atoms. The Morgan fingerprint density at radius 2 is 1.47 bits per heavy atom. The molecule has 19 heavy (non-hydrogen) atoms. The number of rotatable bonds is 12. The van der Waals surface area contributed by atoms with Crippen molar-refractivity contribution in [1.29, 1.82) is 0 Å². The van der Waals surface area contributed by atoms with Crippen molar-refractivity contribution in [3.8, 4) is 0 Å². The second-order valence-corrected chi connectivity index (χ2v) is 4.78. The topological polar surface area (TPSA) is 67.4 Å². The molecule has 112 valence electrons. The van der Waals surface area contributed by atoms with Gasteiger partial charge in [-0.05, 0) is 25.0 Å². The first kappa shape index (κ1) is 18.2. The van der Waals surface area contributed by atoms with Gasteiger partial charge < -0.3 is 15.4 Å². The summed E-state index contributed by atoms with van der Waals surface area (Å²) >= 11 is 4.08. The standard InChI is InChI=1S/C13H26N2O3S/c1-2-3-4-7-14-12(16)10-18-11-13(17)15-8-5-6-9-19/h19H,2-11H2,1H3,(H,14,16)(H,15,17). The monoisotopic (exact) mass is 290 g/mol. The van der Waals surface area contributed by atoms with Gasteiger partial charge in [0.2, 0.25) is 11.8 Å². The largest absolute Gasteiger partial charge is 0.362 e. The minimum absolute atomic E-state index is 0.0593. The molecule has 0 saturated carbocycles. The highest BCUT2D eigenvalue weighted by Gasteiger charge is 2.04. The van der Waals surface area contributed by atoms with E-state index in [0.717, 1.165) is 37.9 Å². The van der Waals surface area contributed by atoms with Crippen LogP contribution < -0.4 is 10.6 Å². The molecule has 0 aromatic carbocycles. The maximum absolute atomic E-state index is 11.3. The Balaban J connectivity index is 3.35. The van der Waals surface area contributed by atoms with Crippen molar-refractivity contribution in [2.24, 2.45) is 0 Å². The van der Waals surface area contributed by atoms with E-state index in [9.17, 15) is 9.59 Å². The van der Waals surface area contributed by atoms with Crippen molar-refractivity contribution < 1.29 is 14.3 Å². The van der Waals surface area contributed by atoms with Crippen LogP contribution in [0.25, 0.3) is 0 Å². The summed E-state index contributed by atoms with van der Waals surface area (Å²) in [7, 11) is 0. The van der Waals surface area contributed by atoms with Gasteiger partial charge in [-0.2, -0.15) is 12.6 Å². The molecule has 0 heterocycles. The highest BCUT2D eigenvalue weighted by molar-refractivity contribution is 7.80. The Labute approximate surface area is 121 Å². The molecule has 0 radical (unpaired) electrons. The van der Waals surface area contributed by atoms with Gasteiger partial charge in [0, 0.05) is 13.1 Å². The summed E-state index contributed by atoms with van der Waals surface area (Å²) in [5.74, 6) is 0.474. The van der Waals surface area contributed by atoms with Gasteiger partial charge in [0.1, 0.15) is 13.2 Å². The summed E-state index contributed by atoms with van der Waals surface area (Å²) in [5.41, 5.74) is 0. The Morgan fingerprint density at radius 3 is 1.95 bits per heavy atom. The Kier molecular flexibility index (Phi) is 13.1. The third kappa shape index (κ3) is 13.5. The molecule has 0 rings (SSSR count). The lowest BCUT2D eigenvalue weighted by molar-refractivity contribution is -0.130. The molecule has 6 heteroatoms. The summed E-state index contributed by atoms with van der Waals surface area (Å²) in [6, 6.07) is 0. The van der Waals surface area contributed by atoms with Gasteiger partial charge in [0.05, 0.1) is 0 Å². The van der Waals surface area contributed by atoms with Crippen molar-refractivity contribution >= 4 is 24.4 Å². The normalized spacial score (nSPS) is 10.2. The lowest BCUT2D eigenvalue weighted by Crippen LogP contribution is -2.32.